The Hall–Kier alpha value is -1.22. The van der Waals surface area contributed by atoms with Crippen molar-refractivity contribution >= 4 is 0 Å². The van der Waals surface area contributed by atoms with Crippen LogP contribution in [0, 0.1) is 0 Å². The minimum absolute atomic E-state index is 0.00848. The predicted octanol–water partition coefficient (Wildman–Crippen LogP) is 4.17. The molecule has 1 saturated carbocycles. The third-order valence-electron chi connectivity index (χ3n) is 3.98. The Kier molecular flexibility index (Phi) is 5.15. The van der Waals surface area contributed by atoms with Crippen LogP contribution in [-0.2, 0) is 0 Å². The summed E-state index contributed by atoms with van der Waals surface area (Å²) in [5.74, 6) is 1.74. The van der Waals surface area contributed by atoms with E-state index in [1.807, 2.05) is 31.2 Å². The van der Waals surface area contributed by atoms with Crippen molar-refractivity contribution in [3.8, 4) is 11.5 Å². The predicted molar refractivity (Wildman–Crippen MR) is 87.2 cm³/mol. The molecule has 1 aliphatic rings. The molecule has 0 aliphatic heterocycles. The van der Waals surface area contributed by atoms with Gasteiger partial charge in [0.2, 0.25) is 0 Å². The standard InChI is InChI=1S/C18H29NO2/c1-5-20-15-9-6-7-10-16(15)21-18(11-8-12-18)13-14-19-17(2,3)4/h6-7,9-10,19H,5,8,11-14H2,1-4H3. The average Bonchev–Trinajstić information content (AvgIpc) is 2.36. The monoisotopic (exact) mass is 291 g/mol. The van der Waals surface area contributed by atoms with Gasteiger partial charge < -0.3 is 14.8 Å². The van der Waals surface area contributed by atoms with Gasteiger partial charge in [-0.2, -0.15) is 0 Å². The van der Waals surface area contributed by atoms with Crippen molar-refractivity contribution in [3.05, 3.63) is 24.3 Å². The van der Waals surface area contributed by atoms with Crippen LogP contribution in [0.4, 0.5) is 0 Å². The molecule has 0 atom stereocenters. The van der Waals surface area contributed by atoms with Crippen LogP contribution in [0.1, 0.15) is 53.4 Å². The molecule has 118 valence electrons. The topological polar surface area (TPSA) is 30.5 Å². The first-order valence-electron chi connectivity index (χ1n) is 8.10. The molecule has 0 aromatic heterocycles. The molecule has 1 fully saturated rings. The molecule has 3 heteroatoms. The van der Waals surface area contributed by atoms with Gasteiger partial charge in [-0.25, -0.2) is 0 Å². The van der Waals surface area contributed by atoms with Gasteiger partial charge in [0, 0.05) is 5.54 Å². The van der Waals surface area contributed by atoms with Gasteiger partial charge in [-0.1, -0.05) is 12.1 Å². The van der Waals surface area contributed by atoms with Crippen molar-refractivity contribution in [1.82, 2.24) is 5.32 Å². The fourth-order valence-electron chi connectivity index (χ4n) is 2.68. The highest BCUT2D eigenvalue weighted by Gasteiger charge is 2.39. The lowest BCUT2D eigenvalue weighted by atomic mass is 9.77. The van der Waals surface area contributed by atoms with E-state index in [0.29, 0.717) is 6.61 Å². The van der Waals surface area contributed by atoms with Crippen LogP contribution < -0.4 is 14.8 Å². The highest BCUT2D eigenvalue weighted by atomic mass is 16.5. The van der Waals surface area contributed by atoms with Crippen LogP contribution in [0.15, 0.2) is 24.3 Å². The Morgan fingerprint density at radius 2 is 1.81 bits per heavy atom. The van der Waals surface area contributed by atoms with E-state index < -0.39 is 0 Å². The Bertz CT molecular complexity index is 447. The number of ether oxygens (including phenoxy) is 2. The minimum Gasteiger partial charge on any atom is -0.490 e. The van der Waals surface area contributed by atoms with Crippen molar-refractivity contribution < 1.29 is 9.47 Å². The Morgan fingerprint density at radius 3 is 2.33 bits per heavy atom. The van der Waals surface area contributed by atoms with Gasteiger partial charge in [-0.3, -0.25) is 0 Å². The van der Waals surface area contributed by atoms with Gasteiger partial charge in [0.1, 0.15) is 5.60 Å². The van der Waals surface area contributed by atoms with Crippen molar-refractivity contribution in [2.45, 2.75) is 64.5 Å². The Morgan fingerprint density at radius 1 is 1.14 bits per heavy atom. The maximum atomic E-state index is 6.37. The van der Waals surface area contributed by atoms with E-state index in [0.717, 1.165) is 37.3 Å². The van der Waals surface area contributed by atoms with Crippen LogP contribution in [0.2, 0.25) is 0 Å². The van der Waals surface area contributed by atoms with Gasteiger partial charge in [0.05, 0.1) is 6.61 Å². The summed E-state index contributed by atoms with van der Waals surface area (Å²) in [5, 5.41) is 3.56. The normalized spacial score (nSPS) is 17.1. The molecule has 1 aliphatic carbocycles. The highest BCUT2D eigenvalue weighted by molar-refractivity contribution is 5.40. The van der Waals surface area contributed by atoms with Crippen molar-refractivity contribution in [3.63, 3.8) is 0 Å². The van der Waals surface area contributed by atoms with Gasteiger partial charge in [0.25, 0.3) is 0 Å². The first-order chi connectivity index (χ1) is 9.94. The van der Waals surface area contributed by atoms with E-state index >= 15 is 0 Å². The molecule has 0 unspecified atom stereocenters. The summed E-state index contributed by atoms with van der Waals surface area (Å²) in [5.41, 5.74) is 0.152. The van der Waals surface area contributed by atoms with Gasteiger partial charge in [-0.05, 0) is 72.1 Å². The maximum absolute atomic E-state index is 6.37. The molecule has 1 aromatic carbocycles. The number of nitrogens with one attached hydrogen (secondary N) is 1. The molecule has 0 amide bonds. The van der Waals surface area contributed by atoms with Gasteiger partial charge in [0.15, 0.2) is 11.5 Å². The van der Waals surface area contributed by atoms with Crippen molar-refractivity contribution in [1.29, 1.82) is 0 Å². The third kappa shape index (κ3) is 4.63. The summed E-state index contributed by atoms with van der Waals surface area (Å²) in [4.78, 5) is 0. The summed E-state index contributed by atoms with van der Waals surface area (Å²) in [6.07, 6.45) is 4.58. The maximum Gasteiger partial charge on any atom is 0.162 e. The van der Waals surface area contributed by atoms with E-state index in [2.05, 4.69) is 26.1 Å². The molecule has 0 heterocycles. The van der Waals surface area contributed by atoms with Crippen molar-refractivity contribution in [2.24, 2.45) is 0 Å². The van der Waals surface area contributed by atoms with Crippen LogP contribution in [0.5, 0.6) is 11.5 Å². The molecule has 1 aromatic rings. The molecule has 0 bridgehead atoms. The highest BCUT2D eigenvalue weighted by Crippen LogP contribution is 2.41. The fraction of sp³-hybridized carbons (Fsp3) is 0.667. The van der Waals surface area contributed by atoms with Crippen LogP contribution >= 0.6 is 0 Å². The molecule has 2 rings (SSSR count). The quantitative estimate of drug-likeness (QED) is 0.818. The van der Waals surface area contributed by atoms with Crippen LogP contribution in [0.25, 0.3) is 0 Å². The summed E-state index contributed by atoms with van der Waals surface area (Å²) >= 11 is 0. The summed E-state index contributed by atoms with van der Waals surface area (Å²) in [6.45, 7) is 10.3. The number of hydrogen-bond acceptors (Lipinski definition) is 3. The smallest absolute Gasteiger partial charge is 0.162 e. The lowest BCUT2D eigenvalue weighted by molar-refractivity contribution is -0.0173. The second-order valence-electron chi connectivity index (χ2n) is 6.95. The van der Waals surface area contributed by atoms with Gasteiger partial charge in [-0.15, -0.1) is 0 Å². The zero-order valence-corrected chi connectivity index (χ0v) is 13.9. The molecule has 3 nitrogen and oxygen atoms in total. The Balaban J connectivity index is 1.98. The number of para-hydroxylation sites is 2. The molecular formula is C18H29NO2. The summed E-state index contributed by atoms with van der Waals surface area (Å²) in [6, 6.07) is 8.00. The van der Waals surface area contributed by atoms with E-state index in [9.17, 15) is 0 Å². The van der Waals surface area contributed by atoms with Crippen LogP contribution in [0.3, 0.4) is 0 Å². The van der Waals surface area contributed by atoms with E-state index in [-0.39, 0.29) is 11.1 Å². The van der Waals surface area contributed by atoms with E-state index in [4.69, 9.17) is 9.47 Å². The Labute approximate surface area is 129 Å². The lowest BCUT2D eigenvalue weighted by Crippen LogP contribution is -2.47. The third-order valence-corrected chi connectivity index (χ3v) is 3.98. The molecule has 0 radical (unpaired) electrons. The zero-order valence-electron chi connectivity index (χ0n) is 13.9. The average molecular weight is 291 g/mol. The number of hydrogen-bond donors (Lipinski definition) is 1. The summed E-state index contributed by atoms with van der Waals surface area (Å²) < 4.78 is 12.0. The molecule has 0 spiro atoms. The van der Waals surface area contributed by atoms with Crippen molar-refractivity contribution in [2.75, 3.05) is 13.2 Å². The number of benzene rings is 1. The SMILES string of the molecule is CCOc1ccccc1OC1(CCNC(C)(C)C)CCC1. The first kappa shape index (κ1) is 16.2. The number of rotatable bonds is 7. The molecule has 1 N–H and O–H groups in total. The summed E-state index contributed by atoms with van der Waals surface area (Å²) in [7, 11) is 0. The molecular weight excluding hydrogens is 262 g/mol. The first-order valence-corrected chi connectivity index (χ1v) is 8.10. The minimum atomic E-state index is -0.00848. The van der Waals surface area contributed by atoms with Crippen LogP contribution in [-0.4, -0.2) is 24.3 Å². The van der Waals surface area contributed by atoms with E-state index in [1.54, 1.807) is 0 Å². The molecule has 0 saturated heterocycles. The largest absolute Gasteiger partial charge is 0.490 e. The van der Waals surface area contributed by atoms with E-state index in [1.165, 1.54) is 6.42 Å². The van der Waals surface area contributed by atoms with Gasteiger partial charge >= 0.3 is 0 Å². The fourth-order valence-corrected chi connectivity index (χ4v) is 2.68. The second kappa shape index (κ2) is 6.69. The second-order valence-corrected chi connectivity index (χ2v) is 6.95. The molecule has 21 heavy (non-hydrogen) atoms. The zero-order chi connectivity index (χ0) is 15.3. The lowest BCUT2D eigenvalue weighted by Gasteiger charge is -2.43.